The van der Waals surface area contributed by atoms with Crippen LogP contribution in [0.25, 0.3) is 0 Å². The van der Waals surface area contributed by atoms with E-state index in [1.807, 2.05) is 6.26 Å². The molecule has 2 atom stereocenters. The summed E-state index contributed by atoms with van der Waals surface area (Å²) >= 11 is 4.77. The molecule has 1 fully saturated rings. The van der Waals surface area contributed by atoms with Crippen LogP contribution in [-0.2, 0) is 10.0 Å². The lowest BCUT2D eigenvalue weighted by Crippen LogP contribution is -2.38. The number of benzene rings is 1. The Kier molecular flexibility index (Phi) is 5.34. The zero-order valence-corrected chi connectivity index (χ0v) is 14.6. The third kappa shape index (κ3) is 3.80. The van der Waals surface area contributed by atoms with Crippen LogP contribution in [-0.4, -0.2) is 37.0 Å². The van der Waals surface area contributed by atoms with Crippen LogP contribution in [0.2, 0.25) is 0 Å². The summed E-state index contributed by atoms with van der Waals surface area (Å²) in [5, 5.41) is 9.34. The third-order valence-electron chi connectivity index (χ3n) is 3.54. The topological polar surface area (TPSA) is 83.5 Å². The molecule has 0 amide bonds. The highest BCUT2D eigenvalue weighted by atomic mass is 79.9. The van der Waals surface area contributed by atoms with E-state index in [0.717, 1.165) is 19.3 Å². The van der Waals surface area contributed by atoms with E-state index in [9.17, 15) is 13.2 Å². The second kappa shape index (κ2) is 6.68. The van der Waals surface area contributed by atoms with E-state index in [1.54, 1.807) is 11.8 Å². The second-order valence-electron chi connectivity index (χ2n) is 4.88. The summed E-state index contributed by atoms with van der Waals surface area (Å²) < 4.78 is 27.9. The predicted molar refractivity (Wildman–Crippen MR) is 86.4 cm³/mol. The van der Waals surface area contributed by atoms with Gasteiger partial charge in [0, 0.05) is 15.8 Å². The second-order valence-corrected chi connectivity index (χ2v) is 8.52. The molecule has 0 radical (unpaired) electrons. The fraction of sp³-hybridized carbons (Fsp3) is 0.462. The molecule has 0 saturated heterocycles. The molecule has 0 spiro atoms. The van der Waals surface area contributed by atoms with E-state index < -0.39 is 16.0 Å². The summed E-state index contributed by atoms with van der Waals surface area (Å²) in [5.74, 6) is -1.17. The molecule has 1 saturated carbocycles. The molecule has 2 rings (SSSR count). The van der Waals surface area contributed by atoms with Crippen molar-refractivity contribution in [2.75, 3.05) is 6.26 Å². The Labute approximate surface area is 136 Å². The van der Waals surface area contributed by atoms with E-state index in [0.29, 0.717) is 4.47 Å². The first-order chi connectivity index (χ1) is 9.85. The molecule has 116 valence electrons. The monoisotopic (exact) mass is 393 g/mol. The van der Waals surface area contributed by atoms with Crippen molar-refractivity contribution in [3.63, 3.8) is 0 Å². The van der Waals surface area contributed by atoms with Gasteiger partial charge in [0.05, 0.1) is 10.5 Å². The van der Waals surface area contributed by atoms with Gasteiger partial charge in [-0.25, -0.2) is 17.9 Å². The van der Waals surface area contributed by atoms with Crippen LogP contribution < -0.4 is 4.72 Å². The molecule has 21 heavy (non-hydrogen) atoms. The van der Waals surface area contributed by atoms with Gasteiger partial charge in [0.2, 0.25) is 10.0 Å². The molecule has 2 N–H and O–H groups in total. The molecule has 1 aromatic rings. The molecule has 8 heteroatoms. The molecule has 0 aromatic heterocycles. The van der Waals surface area contributed by atoms with E-state index in [-0.39, 0.29) is 21.8 Å². The Morgan fingerprint density at radius 2 is 2.14 bits per heavy atom. The molecule has 1 aliphatic rings. The first-order valence-corrected chi connectivity index (χ1v) is 9.99. The van der Waals surface area contributed by atoms with Crippen molar-refractivity contribution in [1.82, 2.24) is 4.72 Å². The molecule has 1 aromatic carbocycles. The van der Waals surface area contributed by atoms with Gasteiger partial charge < -0.3 is 5.11 Å². The van der Waals surface area contributed by atoms with E-state index in [4.69, 9.17) is 5.11 Å². The van der Waals surface area contributed by atoms with Crippen molar-refractivity contribution in [2.45, 2.75) is 35.4 Å². The van der Waals surface area contributed by atoms with Crippen LogP contribution >= 0.6 is 27.7 Å². The number of hydrogen-bond acceptors (Lipinski definition) is 4. The van der Waals surface area contributed by atoms with Crippen LogP contribution in [0.4, 0.5) is 0 Å². The molecule has 0 aliphatic heterocycles. The van der Waals surface area contributed by atoms with Gasteiger partial charge >= 0.3 is 5.97 Å². The first kappa shape index (κ1) is 16.8. The number of hydrogen-bond donors (Lipinski definition) is 2. The van der Waals surface area contributed by atoms with Crippen LogP contribution in [0.5, 0.6) is 0 Å². The zero-order valence-electron chi connectivity index (χ0n) is 11.4. The summed E-state index contributed by atoms with van der Waals surface area (Å²) in [6.45, 7) is 0. The number of carboxylic acid groups (broad SMARTS) is 1. The smallest absolute Gasteiger partial charge is 0.336 e. The highest BCUT2D eigenvalue weighted by molar-refractivity contribution is 9.10. The summed E-state index contributed by atoms with van der Waals surface area (Å²) in [6, 6.07) is 3.93. The van der Waals surface area contributed by atoms with E-state index in [2.05, 4.69) is 20.7 Å². The maximum absolute atomic E-state index is 12.4. The number of thioether (sulfide) groups is 1. The Morgan fingerprint density at radius 1 is 1.43 bits per heavy atom. The Balaban J connectivity index is 2.27. The number of sulfonamides is 1. The van der Waals surface area contributed by atoms with E-state index >= 15 is 0 Å². The van der Waals surface area contributed by atoms with Crippen molar-refractivity contribution in [1.29, 1.82) is 0 Å². The normalized spacial score (nSPS) is 22.4. The van der Waals surface area contributed by atoms with Gasteiger partial charge in [-0.05, 0) is 53.2 Å². The number of nitrogens with one attached hydrogen (secondary N) is 1. The van der Waals surface area contributed by atoms with Crippen molar-refractivity contribution in [3.8, 4) is 0 Å². The van der Waals surface area contributed by atoms with Crippen molar-refractivity contribution < 1.29 is 18.3 Å². The van der Waals surface area contributed by atoms with Crippen LogP contribution in [0, 0.1) is 0 Å². The summed E-state index contributed by atoms with van der Waals surface area (Å²) in [7, 11) is -3.71. The van der Waals surface area contributed by atoms with Crippen molar-refractivity contribution >= 4 is 43.7 Å². The number of halogens is 1. The van der Waals surface area contributed by atoms with Gasteiger partial charge in [0.15, 0.2) is 0 Å². The minimum atomic E-state index is -3.71. The SMILES string of the molecule is CSC1CCCC1NS(=O)(=O)c1ccc(Br)c(C(=O)O)c1. The van der Waals surface area contributed by atoms with Crippen LogP contribution in [0.1, 0.15) is 29.6 Å². The number of carbonyl (C=O) groups is 1. The Morgan fingerprint density at radius 3 is 2.76 bits per heavy atom. The first-order valence-electron chi connectivity index (χ1n) is 6.43. The highest BCUT2D eigenvalue weighted by Gasteiger charge is 2.31. The average molecular weight is 394 g/mol. The maximum Gasteiger partial charge on any atom is 0.336 e. The number of aromatic carboxylic acids is 1. The lowest BCUT2D eigenvalue weighted by atomic mass is 10.2. The molecule has 5 nitrogen and oxygen atoms in total. The summed E-state index contributed by atoms with van der Waals surface area (Å²) in [4.78, 5) is 11.1. The maximum atomic E-state index is 12.4. The van der Waals surface area contributed by atoms with Gasteiger partial charge in [0.1, 0.15) is 0 Å². The molecule has 1 aliphatic carbocycles. The van der Waals surface area contributed by atoms with Crippen LogP contribution in [0.3, 0.4) is 0 Å². The van der Waals surface area contributed by atoms with Crippen LogP contribution in [0.15, 0.2) is 27.6 Å². The lowest BCUT2D eigenvalue weighted by molar-refractivity contribution is 0.0695. The third-order valence-corrected chi connectivity index (χ3v) is 6.89. The molecule has 0 bridgehead atoms. The summed E-state index contributed by atoms with van der Waals surface area (Å²) in [6.07, 6.45) is 4.78. The number of rotatable bonds is 5. The van der Waals surface area contributed by atoms with Crippen molar-refractivity contribution in [3.05, 3.63) is 28.2 Å². The predicted octanol–water partition coefficient (Wildman–Crippen LogP) is 2.71. The molecular formula is C13H16BrNO4S2. The Bertz CT molecular complexity index is 648. The lowest BCUT2D eigenvalue weighted by Gasteiger charge is -2.19. The largest absolute Gasteiger partial charge is 0.478 e. The van der Waals surface area contributed by atoms with Gasteiger partial charge in [-0.15, -0.1) is 0 Å². The highest BCUT2D eigenvalue weighted by Crippen LogP contribution is 2.30. The quantitative estimate of drug-likeness (QED) is 0.803. The minimum absolute atomic E-state index is 0.0187. The van der Waals surface area contributed by atoms with E-state index in [1.165, 1.54) is 18.2 Å². The van der Waals surface area contributed by atoms with Gasteiger partial charge in [-0.3, -0.25) is 0 Å². The summed E-state index contributed by atoms with van der Waals surface area (Å²) in [5.41, 5.74) is -0.0642. The molecule has 0 heterocycles. The van der Waals surface area contributed by atoms with Gasteiger partial charge in [-0.1, -0.05) is 6.42 Å². The van der Waals surface area contributed by atoms with Gasteiger partial charge in [-0.2, -0.15) is 11.8 Å². The average Bonchev–Trinajstić information content (AvgIpc) is 2.85. The number of carboxylic acids is 1. The molecular weight excluding hydrogens is 378 g/mol. The zero-order chi connectivity index (χ0) is 15.6. The van der Waals surface area contributed by atoms with Crippen molar-refractivity contribution in [2.24, 2.45) is 0 Å². The standard InChI is InChI=1S/C13H16BrNO4S2/c1-20-12-4-2-3-11(12)15-21(18,19)8-5-6-10(14)9(7-8)13(16)17/h5-7,11-12,15H,2-4H2,1H3,(H,16,17). The minimum Gasteiger partial charge on any atom is -0.478 e. The fourth-order valence-electron chi connectivity index (χ4n) is 2.45. The molecule has 2 unspecified atom stereocenters. The fourth-order valence-corrected chi connectivity index (χ4v) is 5.22. The Hall–Kier alpha value is -0.570. The van der Waals surface area contributed by atoms with Gasteiger partial charge in [0.25, 0.3) is 0 Å².